The van der Waals surface area contributed by atoms with E-state index < -0.39 is 23.3 Å². The lowest BCUT2D eigenvalue weighted by Gasteiger charge is -2.38. The number of ether oxygens (including phenoxy) is 1. The average Bonchev–Trinajstić information content (AvgIpc) is 2.91. The van der Waals surface area contributed by atoms with Crippen LogP contribution in [-0.2, 0) is 10.4 Å². The first kappa shape index (κ1) is 15.9. The van der Waals surface area contributed by atoms with Gasteiger partial charge in [0.2, 0.25) is 0 Å². The molecule has 2 aromatic rings. The molecule has 3 nitrogen and oxygen atoms in total. The summed E-state index contributed by atoms with van der Waals surface area (Å²) in [6.07, 6.45) is -4.00. The molecule has 1 aromatic heterocycles. The van der Waals surface area contributed by atoms with Crippen molar-refractivity contribution in [3.05, 3.63) is 56.7 Å². The van der Waals surface area contributed by atoms with Crippen molar-refractivity contribution in [3.8, 4) is 5.75 Å². The molecule has 1 aromatic carbocycles. The minimum atomic E-state index is -4.99. The molecule has 1 N–H and O–H groups in total. The molecule has 8 heteroatoms. The number of carbonyl (C=O) groups is 1. The van der Waals surface area contributed by atoms with Gasteiger partial charge in [-0.15, -0.1) is 11.3 Å². The Bertz CT molecular complexity index is 812. The molecule has 1 aliphatic heterocycles. The van der Waals surface area contributed by atoms with E-state index in [1.807, 2.05) is 0 Å². The molecule has 0 bridgehead atoms. The quantitative estimate of drug-likeness (QED) is 0.843. The summed E-state index contributed by atoms with van der Waals surface area (Å²) >= 11 is 6.38. The maximum Gasteiger partial charge on any atom is 0.438 e. The molecule has 2 heterocycles. The van der Waals surface area contributed by atoms with E-state index in [9.17, 15) is 23.1 Å². The molecule has 0 amide bonds. The van der Waals surface area contributed by atoms with Crippen molar-refractivity contribution in [3.63, 3.8) is 0 Å². The van der Waals surface area contributed by atoms with Gasteiger partial charge < -0.3 is 9.84 Å². The number of fused-ring (bicyclic) bond motifs is 1. The van der Waals surface area contributed by atoms with Crippen molar-refractivity contribution in [1.82, 2.24) is 0 Å². The van der Waals surface area contributed by atoms with Gasteiger partial charge in [-0.25, -0.2) is 4.79 Å². The zero-order valence-corrected chi connectivity index (χ0v) is 12.8. The number of thiophene rings is 1. The van der Waals surface area contributed by atoms with Gasteiger partial charge in [-0.2, -0.15) is 13.2 Å². The largest absolute Gasteiger partial charge is 0.478 e. The van der Waals surface area contributed by atoms with Crippen LogP contribution in [0.15, 0.2) is 42.0 Å². The standard InChI is InChI=1S/C15H8ClF3O3S/c16-12-6-5-11(23-12)14(15(17,18)19)9(13(20)21)7-8-3-1-2-4-10(8)22-14/h1-7H,(H,20,21). The second kappa shape index (κ2) is 5.28. The van der Waals surface area contributed by atoms with E-state index in [1.165, 1.54) is 24.3 Å². The van der Waals surface area contributed by atoms with Gasteiger partial charge in [-0.3, -0.25) is 0 Å². The van der Waals surface area contributed by atoms with E-state index in [-0.39, 0.29) is 20.5 Å². The Morgan fingerprint density at radius 2 is 1.91 bits per heavy atom. The van der Waals surface area contributed by atoms with E-state index in [2.05, 4.69) is 0 Å². The highest BCUT2D eigenvalue weighted by Crippen LogP contribution is 2.53. The number of hydrogen-bond donors (Lipinski definition) is 1. The second-order valence-corrected chi connectivity index (χ2v) is 6.50. The molecule has 0 spiro atoms. The van der Waals surface area contributed by atoms with E-state index in [0.717, 1.165) is 12.1 Å². The Hall–Kier alpha value is -1.99. The van der Waals surface area contributed by atoms with Crippen molar-refractivity contribution in [2.75, 3.05) is 0 Å². The number of halogens is 4. The van der Waals surface area contributed by atoms with Gasteiger partial charge in [0.05, 0.1) is 14.8 Å². The van der Waals surface area contributed by atoms with Gasteiger partial charge >= 0.3 is 12.1 Å². The van der Waals surface area contributed by atoms with Gasteiger partial charge in [0.25, 0.3) is 5.60 Å². The number of benzene rings is 1. The molecule has 1 atom stereocenters. The SMILES string of the molecule is O=C(O)C1=Cc2ccccc2OC1(c1ccc(Cl)s1)C(F)(F)F. The van der Waals surface area contributed by atoms with Crippen LogP contribution in [0, 0.1) is 0 Å². The fourth-order valence-electron chi connectivity index (χ4n) is 2.42. The summed E-state index contributed by atoms with van der Waals surface area (Å²) < 4.78 is 47.1. The minimum Gasteiger partial charge on any atom is -0.478 e. The molecule has 0 fully saturated rings. The summed E-state index contributed by atoms with van der Waals surface area (Å²) in [4.78, 5) is 11.2. The van der Waals surface area contributed by atoms with Gasteiger partial charge in [-0.05, 0) is 24.3 Å². The lowest BCUT2D eigenvalue weighted by molar-refractivity contribution is -0.239. The highest BCUT2D eigenvalue weighted by molar-refractivity contribution is 7.16. The van der Waals surface area contributed by atoms with Gasteiger partial charge in [0, 0.05) is 5.56 Å². The van der Waals surface area contributed by atoms with Crippen LogP contribution in [0.3, 0.4) is 0 Å². The average molecular weight is 361 g/mol. The van der Waals surface area contributed by atoms with Gasteiger partial charge in [0.1, 0.15) is 5.75 Å². The van der Waals surface area contributed by atoms with Crippen LogP contribution in [0.25, 0.3) is 6.08 Å². The number of alkyl halides is 3. The predicted octanol–water partition coefficient (Wildman–Crippen LogP) is 4.72. The van der Waals surface area contributed by atoms with Crippen LogP contribution >= 0.6 is 22.9 Å². The second-order valence-electron chi connectivity index (χ2n) is 4.79. The maximum atomic E-state index is 13.9. The Kier molecular flexibility index (Phi) is 3.65. The molecule has 120 valence electrons. The van der Waals surface area contributed by atoms with E-state index in [4.69, 9.17) is 16.3 Å². The Labute approximate surface area is 137 Å². The third-order valence-electron chi connectivity index (χ3n) is 3.41. The summed E-state index contributed by atoms with van der Waals surface area (Å²) in [6, 6.07) is 8.35. The summed E-state index contributed by atoms with van der Waals surface area (Å²) in [5.74, 6) is -1.75. The molecule has 23 heavy (non-hydrogen) atoms. The number of hydrogen-bond acceptors (Lipinski definition) is 3. The molecular weight excluding hydrogens is 353 g/mol. The lowest BCUT2D eigenvalue weighted by Crippen LogP contribution is -2.51. The first-order chi connectivity index (χ1) is 10.8. The zero-order valence-electron chi connectivity index (χ0n) is 11.2. The zero-order chi connectivity index (χ0) is 16.8. The normalized spacial score (nSPS) is 20.4. The number of para-hydroxylation sites is 1. The van der Waals surface area contributed by atoms with Crippen LogP contribution in [0.4, 0.5) is 13.2 Å². The van der Waals surface area contributed by atoms with E-state index >= 15 is 0 Å². The number of aliphatic carboxylic acids is 1. The molecule has 0 aliphatic carbocycles. The van der Waals surface area contributed by atoms with Gasteiger partial charge in [-0.1, -0.05) is 29.8 Å². The van der Waals surface area contributed by atoms with Crippen LogP contribution in [0.5, 0.6) is 5.75 Å². The van der Waals surface area contributed by atoms with E-state index in [0.29, 0.717) is 11.3 Å². The van der Waals surface area contributed by atoms with Crippen molar-refractivity contribution in [2.45, 2.75) is 11.8 Å². The fourth-order valence-corrected chi connectivity index (χ4v) is 3.62. The highest BCUT2D eigenvalue weighted by atomic mass is 35.5. The fraction of sp³-hybridized carbons (Fsp3) is 0.133. The Balaban J connectivity index is 2.33. The number of carboxylic acids is 1. The predicted molar refractivity (Wildman–Crippen MR) is 79.7 cm³/mol. The highest BCUT2D eigenvalue weighted by Gasteiger charge is 2.65. The maximum absolute atomic E-state index is 13.9. The molecule has 0 radical (unpaired) electrons. The topological polar surface area (TPSA) is 46.5 Å². The molecule has 1 aliphatic rings. The summed E-state index contributed by atoms with van der Waals surface area (Å²) in [5.41, 5.74) is -3.72. The van der Waals surface area contributed by atoms with Crippen molar-refractivity contribution >= 4 is 35.0 Å². The van der Waals surface area contributed by atoms with Crippen molar-refractivity contribution in [2.24, 2.45) is 0 Å². The van der Waals surface area contributed by atoms with Crippen LogP contribution in [-0.4, -0.2) is 17.3 Å². The summed E-state index contributed by atoms with van der Waals surface area (Å²) in [6.45, 7) is 0. The number of rotatable bonds is 2. The van der Waals surface area contributed by atoms with Crippen molar-refractivity contribution < 1.29 is 27.8 Å². The molecule has 3 rings (SSSR count). The summed E-state index contributed by atoms with van der Waals surface area (Å²) in [7, 11) is 0. The molecular formula is C15H8ClF3O3S. The van der Waals surface area contributed by atoms with Crippen LogP contribution in [0.1, 0.15) is 10.4 Å². The van der Waals surface area contributed by atoms with Crippen molar-refractivity contribution in [1.29, 1.82) is 0 Å². The third-order valence-corrected chi connectivity index (χ3v) is 4.74. The monoisotopic (exact) mass is 360 g/mol. The molecule has 0 saturated carbocycles. The molecule has 0 saturated heterocycles. The van der Waals surface area contributed by atoms with Crippen LogP contribution < -0.4 is 4.74 Å². The number of carboxylic acid groups (broad SMARTS) is 1. The first-order valence-corrected chi connectivity index (χ1v) is 7.51. The molecule has 1 unspecified atom stereocenters. The Morgan fingerprint density at radius 1 is 1.22 bits per heavy atom. The first-order valence-electron chi connectivity index (χ1n) is 6.32. The van der Waals surface area contributed by atoms with Crippen LogP contribution in [0.2, 0.25) is 4.34 Å². The Morgan fingerprint density at radius 3 is 2.48 bits per heavy atom. The van der Waals surface area contributed by atoms with E-state index in [1.54, 1.807) is 6.07 Å². The van der Waals surface area contributed by atoms with Gasteiger partial charge in [0.15, 0.2) is 0 Å². The smallest absolute Gasteiger partial charge is 0.438 e. The summed E-state index contributed by atoms with van der Waals surface area (Å²) in [5, 5.41) is 9.35. The lowest BCUT2D eigenvalue weighted by atomic mass is 9.86. The third kappa shape index (κ3) is 2.40. The minimum absolute atomic E-state index is 0.0423.